The molecule has 0 aromatic carbocycles. The predicted molar refractivity (Wildman–Crippen MR) is 84.4 cm³/mol. The van der Waals surface area contributed by atoms with E-state index in [2.05, 4.69) is 20.1 Å². The summed E-state index contributed by atoms with van der Waals surface area (Å²) < 4.78 is 5.25. The van der Waals surface area contributed by atoms with Gasteiger partial charge in [-0.1, -0.05) is 37.7 Å². The molecule has 3 aromatic heterocycles. The van der Waals surface area contributed by atoms with Crippen LogP contribution in [0, 0.1) is 0 Å². The van der Waals surface area contributed by atoms with Crippen LogP contribution >= 0.6 is 23.1 Å². The van der Waals surface area contributed by atoms with Gasteiger partial charge in [0.05, 0.1) is 11.1 Å². The Morgan fingerprint density at radius 1 is 1.29 bits per heavy atom. The molecule has 0 aliphatic heterocycles. The third-order valence-corrected chi connectivity index (χ3v) is 4.44. The zero-order valence-electron chi connectivity index (χ0n) is 12.0. The van der Waals surface area contributed by atoms with E-state index >= 15 is 0 Å². The summed E-state index contributed by atoms with van der Waals surface area (Å²) in [5.41, 5.74) is 5.80. The fourth-order valence-electron chi connectivity index (χ4n) is 1.67. The van der Waals surface area contributed by atoms with Gasteiger partial charge in [-0.3, -0.25) is 0 Å². The number of nitrogens with zero attached hydrogens (tertiary/aromatic N) is 4. The first kappa shape index (κ1) is 14.3. The quantitative estimate of drug-likeness (QED) is 0.585. The van der Waals surface area contributed by atoms with Gasteiger partial charge in [0.2, 0.25) is 5.89 Å². The van der Waals surface area contributed by atoms with E-state index in [9.17, 15) is 0 Å². The molecular formula is C13H15N5OS2. The van der Waals surface area contributed by atoms with Crippen LogP contribution in [-0.4, -0.2) is 20.1 Å². The van der Waals surface area contributed by atoms with Crippen LogP contribution in [0.25, 0.3) is 10.2 Å². The zero-order chi connectivity index (χ0) is 15.0. The summed E-state index contributed by atoms with van der Waals surface area (Å²) in [6.07, 6.45) is 0. The Kier molecular flexibility index (Phi) is 3.58. The summed E-state index contributed by atoms with van der Waals surface area (Å²) in [6, 6.07) is 1.93. The molecule has 3 rings (SSSR count). The molecule has 0 aliphatic carbocycles. The summed E-state index contributed by atoms with van der Waals surface area (Å²) in [7, 11) is 0. The summed E-state index contributed by atoms with van der Waals surface area (Å²) in [6.45, 7) is 6.13. The number of thioether (sulfide) groups is 1. The van der Waals surface area contributed by atoms with E-state index in [-0.39, 0.29) is 5.41 Å². The molecule has 0 amide bonds. The van der Waals surface area contributed by atoms with E-state index in [4.69, 9.17) is 10.3 Å². The molecule has 0 spiro atoms. The second-order valence-corrected chi connectivity index (χ2v) is 7.42. The molecular weight excluding hydrogens is 306 g/mol. The van der Waals surface area contributed by atoms with E-state index in [1.807, 2.05) is 32.2 Å². The standard InChI is InChI=1S/C13H15N5OS2/c1-13(2,3)11-15-8(19-18-11)6-21-12-16-9(14)7-4-5-20-10(7)17-12/h4-5H,6H2,1-3H3,(H2,14,16,17). The van der Waals surface area contributed by atoms with Crippen molar-refractivity contribution in [2.24, 2.45) is 0 Å². The van der Waals surface area contributed by atoms with Gasteiger partial charge in [0.15, 0.2) is 11.0 Å². The monoisotopic (exact) mass is 321 g/mol. The molecule has 0 atom stereocenters. The van der Waals surface area contributed by atoms with Gasteiger partial charge in [-0.25, -0.2) is 9.97 Å². The highest BCUT2D eigenvalue weighted by Crippen LogP contribution is 2.28. The first-order chi connectivity index (χ1) is 9.93. The van der Waals surface area contributed by atoms with Gasteiger partial charge in [-0.2, -0.15) is 4.98 Å². The fraction of sp³-hybridized carbons (Fsp3) is 0.385. The summed E-state index contributed by atoms with van der Waals surface area (Å²) in [4.78, 5) is 14.0. The number of anilines is 1. The van der Waals surface area contributed by atoms with Crippen molar-refractivity contribution in [3.05, 3.63) is 23.2 Å². The predicted octanol–water partition coefficient (Wildman–Crippen LogP) is 3.25. The van der Waals surface area contributed by atoms with Gasteiger partial charge in [0, 0.05) is 5.41 Å². The van der Waals surface area contributed by atoms with Gasteiger partial charge in [-0.15, -0.1) is 11.3 Å². The fourth-order valence-corrected chi connectivity index (χ4v) is 3.19. The third-order valence-electron chi connectivity index (χ3n) is 2.80. The lowest BCUT2D eigenvalue weighted by Crippen LogP contribution is -2.13. The Morgan fingerprint density at radius 3 is 2.81 bits per heavy atom. The lowest BCUT2D eigenvalue weighted by Gasteiger charge is -2.10. The molecule has 6 nitrogen and oxygen atoms in total. The molecule has 0 saturated carbocycles. The maximum absolute atomic E-state index is 5.92. The van der Waals surface area contributed by atoms with Crippen molar-refractivity contribution >= 4 is 39.1 Å². The number of rotatable bonds is 3. The first-order valence-electron chi connectivity index (χ1n) is 6.40. The van der Waals surface area contributed by atoms with Gasteiger partial charge < -0.3 is 10.3 Å². The van der Waals surface area contributed by atoms with Crippen molar-refractivity contribution in [1.82, 2.24) is 20.1 Å². The maximum Gasteiger partial charge on any atom is 0.237 e. The second-order valence-electron chi connectivity index (χ2n) is 5.58. The minimum Gasteiger partial charge on any atom is -0.383 e. The Bertz CT molecular complexity index is 774. The topological polar surface area (TPSA) is 90.7 Å². The molecule has 21 heavy (non-hydrogen) atoms. The summed E-state index contributed by atoms with van der Waals surface area (Å²) in [5.74, 6) is 2.30. The van der Waals surface area contributed by atoms with Crippen LogP contribution < -0.4 is 5.73 Å². The van der Waals surface area contributed by atoms with Crippen molar-refractivity contribution in [1.29, 1.82) is 0 Å². The Balaban J connectivity index is 1.75. The van der Waals surface area contributed by atoms with Gasteiger partial charge in [0.25, 0.3) is 0 Å². The summed E-state index contributed by atoms with van der Waals surface area (Å²) >= 11 is 2.99. The molecule has 110 valence electrons. The number of thiophene rings is 1. The smallest absolute Gasteiger partial charge is 0.237 e. The molecule has 0 saturated heterocycles. The van der Waals surface area contributed by atoms with E-state index in [1.54, 1.807) is 11.3 Å². The van der Waals surface area contributed by atoms with Crippen molar-refractivity contribution in [3.63, 3.8) is 0 Å². The highest BCUT2D eigenvalue weighted by atomic mass is 32.2. The Labute approximate surface area is 130 Å². The second kappa shape index (κ2) is 5.27. The number of fused-ring (bicyclic) bond motifs is 1. The maximum atomic E-state index is 5.92. The van der Waals surface area contributed by atoms with Crippen molar-refractivity contribution < 1.29 is 4.52 Å². The Morgan fingerprint density at radius 2 is 2.10 bits per heavy atom. The van der Waals surface area contributed by atoms with Crippen LogP contribution in [0.2, 0.25) is 0 Å². The van der Waals surface area contributed by atoms with E-state index in [0.29, 0.717) is 28.4 Å². The van der Waals surface area contributed by atoms with Crippen molar-refractivity contribution in [2.75, 3.05) is 5.73 Å². The van der Waals surface area contributed by atoms with E-state index in [0.717, 1.165) is 10.2 Å². The Hall–Kier alpha value is -1.67. The average Bonchev–Trinajstić information content (AvgIpc) is 3.04. The number of nitrogens with two attached hydrogens (primary N) is 1. The van der Waals surface area contributed by atoms with Crippen LogP contribution in [0.4, 0.5) is 5.82 Å². The summed E-state index contributed by atoms with van der Waals surface area (Å²) in [5, 5.41) is 7.48. The van der Waals surface area contributed by atoms with Crippen LogP contribution in [0.5, 0.6) is 0 Å². The molecule has 0 bridgehead atoms. The van der Waals surface area contributed by atoms with Gasteiger partial charge >= 0.3 is 0 Å². The largest absolute Gasteiger partial charge is 0.383 e. The highest BCUT2D eigenvalue weighted by molar-refractivity contribution is 7.98. The minimum atomic E-state index is -0.122. The minimum absolute atomic E-state index is 0.122. The lowest BCUT2D eigenvalue weighted by molar-refractivity contribution is 0.373. The molecule has 0 fully saturated rings. The van der Waals surface area contributed by atoms with Crippen LogP contribution in [0.1, 0.15) is 32.5 Å². The molecule has 2 N–H and O–H groups in total. The molecule has 3 heterocycles. The number of aromatic nitrogens is 4. The molecule has 3 aromatic rings. The normalized spacial score (nSPS) is 12.1. The van der Waals surface area contributed by atoms with E-state index in [1.165, 1.54) is 11.8 Å². The average molecular weight is 321 g/mol. The molecule has 0 aliphatic rings. The highest BCUT2D eigenvalue weighted by Gasteiger charge is 2.21. The number of hydrogen-bond donors (Lipinski definition) is 1. The molecule has 0 radical (unpaired) electrons. The third kappa shape index (κ3) is 3.01. The first-order valence-corrected chi connectivity index (χ1v) is 8.26. The lowest BCUT2D eigenvalue weighted by atomic mass is 9.96. The van der Waals surface area contributed by atoms with Crippen LogP contribution in [-0.2, 0) is 11.2 Å². The SMILES string of the molecule is CC(C)(C)c1noc(CSc2nc(N)c3ccsc3n2)n1. The van der Waals surface area contributed by atoms with Crippen LogP contribution in [0.15, 0.2) is 21.1 Å². The van der Waals surface area contributed by atoms with Crippen LogP contribution in [0.3, 0.4) is 0 Å². The number of hydrogen-bond acceptors (Lipinski definition) is 8. The number of nitrogen functional groups attached to an aromatic ring is 1. The van der Waals surface area contributed by atoms with E-state index < -0.39 is 0 Å². The molecule has 0 unspecified atom stereocenters. The zero-order valence-corrected chi connectivity index (χ0v) is 13.6. The van der Waals surface area contributed by atoms with Crippen molar-refractivity contribution in [2.45, 2.75) is 37.1 Å². The van der Waals surface area contributed by atoms with Gasteiger partial charge in [0.1, 0.15) is 10.6 Å². The van der Waals surface area contributed by atoms with Gasteiger partial charge in [-0.05, 0) is 11.4 Å². The van der Waals surface area contributed by atoms with Crippen molar-refractivity contribution in [3.8, 4) is 0 Å². The molecule has 8 heteroatoms.